The summed E-state index contributed by atoms with van der Waals surface area (Å²) >= 11 is 1.56. The summed E-state index contributed by atoms with van der Waals surface area (Å²) in [6.45, 7) is 1.27. The van der Waals surface area contributed by atoms with E-state index in [0.717, 1.165) is 29.1 Å². The van der Waals surface area contributed by atoms with Gasteiger partial charge in [-0.05, 0) is 30.9 Å². The van der Waals surface area contributed by atoms with Crippen LogP contribution in [0.3, 0.4) is 0 Å². The summed E-state index contributed by atoms with van der Waals surface area (Å²) in [5.41, 5.74) is 6.99. The first kappa shape index (κ1) is 16.4. The maximum atomic E-state index is 12.5. The molecule has 1 unspecified atom stereocenters. The number of piperidine rings is 1. The molecule has 1 atom stereocenters. The van der Waals surface area contributed by atoms with Gasteiger partial charge < -0.3 is 16.0 Å². The van der Waals surface area contributed by atoms with E-state index >= 15 is 0 Å². The average Bonchev–Trinajstić information content (AvgIpc) is 3.09. The second-order valence-electron chi connectivity index (χ2n) is 5.97. The summed E-state index contributed by atoms with van der Waals surface area (Å²) in [4.78, 5) is 29.6. The molecule has 2 aromatic rings. The topological polar surface area (TPSA) is 88.3 Å². The highest BCUT2D eigenvalue weighted by Crippen LogP contribution is 2.25. The van der Waals surface area contributed by atoms with Crippen molar-refractivity contribution in [1.82, 2.24) is 9.88 Å². The zero-order chi connectivity index (χ0) is 16.9. The van der Waals surface area contributed by atoms with Gasteiger partial charge >= 0.3 is 6.03 Å². The lowest BCUT2D eigenvalue weighted by Crippen LogP contribution is -2.43. The summed E-state index contributed by atoms with van der Waals surface area (Å²) in [6, 6.07) is 7.51. The number of aromatic nitrogens is 1. The van der Waals surface area contributed by atoms with Gasteiger partial charge in [-0.1, -0.05) is 12.1 Å². The lowest BCUT2D eigenvalue weighted by atomic mass is 9.95. The molecule has 7 heteroatoms. The Kier molecular flexibility index (Phi) is 5.10. The van der Waals surface area contributed by atoms with E-state index in [2.05, 4.69) is 10.3 Å². The Labute approximate surface area is 144 Å². The Balaban J connectivity index is 1.64. The van der Waals surface area contributed by atoms with Crippen LogP contribution in [-0.4, -0.2) is 34.9 Å². The van der Waals surface area contributed by atoms with Crippen LogP contribution in [0.4, 0.5) is 10.5 Å². The van der Waals surface area contributed by atoms with Gasteiger partial charge in [0.25, 0.3) is 0 Å². The zero-order valence-electron chi connectivity index (χ0n) is 13.3. The third-order valence-corrected chi connectivity index (χ3v) is 4.91. The van der Waals surface area contributed by atoms with Crippen LogP contribution >= 0.6 is 11.3 Å². The lowest BCUT2D eigenvalue weighted by Gasteiger charge is -2.32. The van der Waals surface area contributed by atoms with Crippen molar-refractivity contribution in [3.63, 3.8) is 0 Å². The van der Waals surface area contributed by atoms with Gasteiger partial charge in [-0.3, -0.25) is 4.79 Å². The molecule has 24 heavy (non-hydrogen) atoms. The van der Waals surface area contributed by atoms with Gasteiger partial charge in [0, 0.05) is 42.3 Å². The molecule has 3 N–H and O–H groups in total. The Morgan fingerprint density at radius 3 is 3.04 bits per heavy atom. The van der Waals surface area contributed by atoms with Crippen molar-refractivity contribution in [3.05, 3.63) is 35.8 Å². The SMILES string of the molecule is NC(=O)CC1CCCN(C(=O)Nc2cccc(-c3nccs3)c2)C1. The highest BCUT2D eigenvalue weighted by Gasteiger charge is 2.24. The van der Waals surface area contributed by atoms with Crippen LogP contribution in [-0.2, 0) is 4.79 Å². The average molecular weight is 344 g/mol. The number of nitrogens with two attached hydrogens (primary N) is 1. The smallest absolute Gasteiger partial charge is 0.321 e. The number of hydrogen-bond acceptors (Lipinski definition) is 4. The zero-order valence-corrected chi connectivity index (χ0v) is 14.1. The third kappa shape index (κ3) is 4.11. The fraction of sp³-hybridized carbons (Fsp3) is 0.353. The summed E-state index contributed by atoms with van der Waals surface area (Å²) in [5, 5.41) is 5.78. The Morgan fingerprint density at radius 1 is 1.42 bits per heavy atom. The molecule has 0 spiro atoms. The van der Waals surface area contributed by atoms with Crippen molar-refractivity contribution < 1.29 is 9.59 Å². The van der Waals surface area contributed by atoms with Crippen LogP contribution < -0.4 is 11.1 Å². The number of hydrogen-bond donors (Lipinski definition) is 2. The number of amides is 3. The second kappa shape index (κ2) is 7.44. The molecule has 1 fully saturated rings. The van der Waals surface area contributed by atoms with Crippen molar-refractivity contribution in [2.45, 2.75) is 19.3 Å². The number of carbonyl (C=O) groups excluding carboxylic acids is 2. The molecule has 1 aliphatic rings. The lowest BCUT2D eigenvalue weighted by molar-refractivity contribution is -0.119. The van der Waals surface area contributed by atoms with E-state index in [-0.39, 0.29) is 17.9 Å². The molecule has 3 amide bonds. The molecule has 1 aromatic carbocycles. The number of carbonyl (C=O) groups is 2. The van der Waals surface area contributed by atoms with Crippen LogP contribution in [0.2, 0.25) is 0 Å². The molecule has 0 saturated carbocycles. The number of nitrogens with zero attached hydrogens (tertiary/aromatic N) is 2. The number of benzene rings is 1. The van der Waals surface area contributed by atoms with E-state index in [1.807, 2.05) is 29.6 Å². The van der Waals surface area contributed by atoms with Crippen LogP contribution in [0, 0.1) is 5.92 Å². The van der Waals surface area contributed by atoms with Gasteiger partial charge in [-0.15, -0.1) is 11.3 Å². The minimum Gasteiger partial charge on any atom is -0.370 e. The molecule has 0 aliphatic carbocycles. The number of primary amides is 1. The van der Waals surface area contributed by atoms with Gasteiger partial charge in [0.15, 0.2) is 0 Å². The number of rotatable bonds is 4. The summed E-state index contributed by atoms with van der Waals surface area (Å²) in [5.74, 6) is -0.151. The summed E-state index contributed by atoms with van der Waals surface area (Å²) < 4.78 is 0. The summed E-state index contributed by atoms with van der Waals surface area (Å²) in [7, 11) is 0. The largest absolute Gasteiger partial charge is 0.370 e. The molecule has 1 saturated heterocycles. The summed E-state index contributed by atoms with van der Waals surface area (Å²) in [6.07, 6.45) is 3.93. The van der Waals surface area contributed by atoms with Crippen molar-refractivity contribution in [1.29, 1.82) is 0 Å². The molecule has 3 rings (SSSR count). The number of likely N-dealkylation sites (tertiary alicyclic amines) is 1. The van der Waals surface area contributed by atoms with Crippen LogP contribution in [0.25, 0.3) is 10.6 Å². The Morgan fingerprint density at radius 2 is 2.29 bits per heavy atom. The highest BCUT2D eigenvalue weighted by atomic mass is 32.1. The minimum absolute atomic E-state index is 0.138. The molecular formula is C17H20N4O2S. The molecule has 126 valence electrons. The van der Waals surface area contributed by atoms with Crippen molar-refractivity contribution in [2.75, 3.05) is 18.4 Å². The van der Waals surface area contributed by atoms with E-state index in [4.69, 9.17) is 5.73 Å². The molecule has 6 nitrogen and oxygen atoms in total. The maximum absolute atomic E-state index is 12.5. The quantitative estimate of drug-likeness (QED) is 0.894. The van der Waals surface area contributed by atoms with E-state index in [1.165, 1.54) is 0 Å². The van der Waals surface area contributed by atoms with Gasteiger partial charge in [0.1, 0.15) is 5.01 Å². The molecule has 1 aromatic heterocycles. The predicted octanol–water partition coefficient (Wildman–Crippen LogP) is 2.93. The Bertz CT molecular complexity index is 717. The first-order chi connectivity index (χ1) is 11.6. The molecule has 2 heterocycles. The van der Waals surface area contributed by atoms with Crippen molar-refractivity contribution in [3.8, 4) is 10.6 Å². The van der Waals surface area contributed by atoms with E-state index in [9.17, 15) is 9.59 Å². The van der Waals surface area contributed by atoms with Gasteiger partial charge in [0.2, 0.25) is 5.91 Å². The van der Waals surface area contributed by atoms with Crippen molar-refractivity contribution in [2.24, 2.45) is 11.7 Å². The molecule has 0 bridgehead atoms. The minimum atomic E-state index is -0.307. The van der Waals surface area contributed by atoms with Crippen LogP contribution in [0.1, 0.15) is 19.3 Å². The van der Waals surface area contributed by atoms with Gasteiger partial charge in [-0.25, -0.2) is 9.78 Å². The van der Waals surface area contributed by atoms with Crippen molar-refractivity contribution >= 4 is 29.0 Å². The van der Waals surface area contributed by atoms with E-state index in [0.29, 0.717) is 19.5 Å². The maximum Gasteiger partial charge on any atom is 0.321 e. The first-order valence-corrected chi connectivity index (χ1v) is 8.84. The number of anilines is 1. The molecular weight excluding hydrogens is 324 g/mol. The van der Waals surface area contributed by atoms with Crippen LogP contribution in [0.15, 0.2) is 35.8 Å². The fourth-order valence-corrected chi connectivity index (χ4v) is 3.63. The fourth-order valence-electron chi connectivity index (χ4n) is 3.00. The van der Waals surface area contributed by atoms with Gasteiger partial charge in [-0.2, -0.15) is 0 Å². The molecule has 0 radical (unpaired) electrons. The third-order valence-electron chi connectivity index (χ3n) is 4.09. The first-order valence-electron chi connectivity index (χ1n) is 7.96. The second-order valence-corrected chi connectivity index (χ2v) is 6.87. The van der Waals surface area contributed by atoms with Gasteiger partial charge in [0.05, 0.1) is 0 Å². The molecule has 1 aliphatic heterocycles. The predicted molar refractivity (Wildman–Crippen MR) is 94.7 cm³/mol. The Hall–Kier alpha value is -2.41. The van der Waals surface area contributed by atoms with E-state index in [1.54, 1.807) is 22.4 Å². The number of nitrogens with one attached hydrogen (secondary N) is 1. The van der Waals surface area contributed by atoms with E-state index < -0.39 is 0 Å². The number of urea groups is 1. The monoisotopic (exact) mass is 344 g/mol. The number of thiazole rings is 1. The highest BCUT2D eigenvalue weighted by molar-refractivity contribution is 7.13. The normalized spacial score (nSPS) is 17.5. The van der Waals surface area contributed by atoms with Crippen LogP contribution in [0.5, 0.6) is 0 Å². The standard InChI is InChI=1S/C17H20N4O2S/c18-15(22)9-12-3-2-7-21(11-12)17(23)20-14-5-1-4-13(10-14)16-19-6-8-24-16/h1,4-6,8,10,12H,2-3,7,9,11H2,(H2,18,22)(H,20,23).